The van der Waals surface area contributed by atoms with Crippen LogP contribution in [0.3, 0.4) is 0 Å². The normalized spacial score (nSPS) is 14.5. The van der Waals surface area contributed by atoms with Crippen molar-refractivity contribution in [2.75, 3.05) is 37.2 Å². The van der Waals surface area contributed by atoms with E-state index in [1.807, 2.05) is 13.8 Å². The third kappa shape index (κ3) is 14.8. The van der Waals surface area contributed by atoms with Gasteiger partial charge in [-0.1, -0.05) is 91.9 Å². The molecule has 0 aliphatic heterocycles. The molecule has 5 N–H and O–H groups in total. The predicted octanol–water partition coefficient (Wildman–Crippen LogP) is 6.69. The summed E-state index contributed by atoms with van der Waals surface area (Å²) in [5.41, 5.74) is 7.18. The number of anilines is 2. The van der Waals surface area contributed by atoms with Crippen molar-refractivity contribution in [2.24, 2.45) is 0 Å². The van der Waals surface area contributed by atoms with Gasteiger partial charge in [-0.25, -0.2) is 15.2 Å². The molecule has 0 bridgehead atoms. The molecule has 1 saturated carbocycles. The van der Waals surface area contributed by atoms with Crippen LogP contribution in [0.2, 0.25) is 0 Å². The topological polar surface area (TPSA) is 185 Å². The molecule has 15 heteroatoms. The molecule has 0 saturated heterocycles. The Labute approximate surface area is 298 Å². The van der Waals surface area contributed by atoms with E-state index in [-0.39, 0.29) is 18.9 Å². The molecule has 14 nitrogen and oxygen atoms in total. The summed E-state index contributed by atoms with van der Waals surface area (Å²) in [6.07, 6.45) is 17.1. The maximum Gasteiger partial charge on any atom is 0.323 e. The Morgan fingerprint density at radius 2 is 1.38 bits per heavy atom. The van der Waals surface area contributed by atoms with Gasteiger partial charge in [0.15, 0.2) is 17.0 Å². The fraction of sp³-hybridized carbons (Fsp3) is 0.800. The molecule has 0 aromatic carbocycles. The van der Waals surface area contributed by atoms with Gasteiger partial charge in [0, 0.05) is 12.6 Å². The first-order chi connectivity index (χ1) is 24.2. The molecule has 0 radical (unpaired) electrons. The first kappa shape index (κ1) is 41.6. The molecule has 0 unspecified atom stereocenters. The van der Waals surface area contributed by atoms with E-state index in [4.69, 9.17) is 19.9 Å². The number of nitrogens with one attached hydrogen (secondary N) is 3. The van der Waals surface area contributed by atoms with Crippen LogP contribution in [-0.4, -0.2) is 75.8 Å². The van der Waals surface area contributed by atoms with Gasteiger partial charge in [-0.05, 0) is 38.5 Å². The third-order valence-electron chi connectivity index (χ3n) is 8.75. The highest BCUT2D eigenvalue weighted by Gasteiger charge is 2.34. The minimum Gasteiger partial charge on any atom is -0.465 e. The monoisotopic (exact) mass is 722 g/mol. The number of hydrogen-bond acceptors (Lipinski definition) is 11. The van der Waals surface area contributed by atoms with Crippen LogP contribution < -0.4 is 21.2 Å². The Morgan fingerprint density at radius 3 is 1.90 bits per heavy atom. The van der Waals surface area contributed by atoms with Crippen LogP contribution in [0.1, 0.15) is 130 Å². The van der Waals surface area contributed by atoms with Gasteiger partial charge in [-0.15, -0.1) is 0 Å². The molecule has 50 heavy (non-hydrogen) atoms. The van der Waals surface area contributed by atoms with Gasteiger partial charge in [-0.3, -0.25) is 14.2 Å². The molecule has 2 atom stereocenters. The number of imidazole rings is 1. The molecule has 1 aliphatic rings. The zero-order valence-electron chi connectivity index (χ0n) is 30.9. The Morgan fingerprint density at radius 1 is 0.840 bits per heavy atom. The van der Waals surface area contributed by atoms with Crippen LogP contribution in [0.5, 0.6) is 0 Å². The maximum absolute atomic E-state index is 14.5. The van der Waals surface area contributed by atoms with E-state index in [2.05, 4.69) is 44.3 Å². The number of hydrogen-bond donors (Lipinski definition) is 4. The summed E-state index contributed by atoms with van der Waals surface area (Å²) in [5, 5.41) is 9.35. The molecule has 1 fully saturated rings. The number of nitrogens with two attached hydrogens (primary N) is 1. The van der Waals surface area contributed by atoms with E-state index < -0.39 is 31.5 Å². The predicted molar refractivity (Wildman–Crippen MR) is 198 cm³/mol. The summed E-state index contributed by atoms with van der Waals surface area (Å²) in [5.74, 6) is -0.196. The molecule has 284 valence electrons. The van der Waals surface area contributed by atoms with E-state index in [0.717, 1.165) is 51.4 Å². The lowest BCUT2D eigenvalue weighted by atomic mass is 10.1. The second kappa shape index (κ2) is 22.9. The minimum absolute atomic E-state index is 0.143. The fourth-order valence-corrected chi connectivity index (χ4v) is 7.74. The number of fused-ring (bicyclic) bond motifs is 1. The Hall–Kier alpha value is -2.80. The van der Waals surface area contributed by atoms with Crippen molar-refractivity contribution < 1.29 is 28.4 Å². The fourth-order valence-electron chi connectivity index (χ4n) is 5.55. The van der Waals surface area contributed by atoms with Crippen LogP contribution in [0, 0.1) is 0 Å². The van der Waals surface area contributed by atoms with Crippen molar-refractivity contribution in [3.63, 3.8) is 0 Å². The van der Waals surface area contributed by atoms with Gasteiger partial charge in [0.2, 0.25) is 13.4 Å². The smallest absolute Gasteiger partial charge is 0.323 e. The minimum atomic E-state index is -3.67. The van der Waals surface area contributed by atoms with E-state index in [9.17, 15) is 14.2 Å². The lowest BCUT2D eigenvalue weighted by Crippen LogP contribution is -2.44. The lowest BCUT2D eigenvalue weighted by molar-refractivity contribution is -0.146. The lowest BCUT2D eigenvalue weighted by Gasteiger charge is -2.28. The Kier molecular flexibility index (Phi) is 19.1. The first-order valence-corrected chi connectivity index (χ1v) is 20.9. The number of ether oxygens (including phenoxy) is 3. The Bertz CT molecular complexity index is 1300. The number of unbranched alkanes of at least 4 members (excludes halogenated alkanes) is 10. The van der Waals surface area contributed by atoms with Gasteiger partial charge in [0.05, 0.1) is 26.1 Å². The van der Waals surface area contributed by atoms with E-state index >= 15 is 0 Å². The van der Waals surface area contributed by atoms with E-state index in [0.29, 0.717) is 55.6 Å². The average Bonchev–Trinajstić information content (AvgIpc) is 3.83. The van der Waals surface area contributed by atoms with Gasteiger partial charge < -0.3 is 29.8 Å². The van der Waals surface area contributed by atoms with Crippen LogP contribution in [0.25, 0.3) is 11.2 Å². The summed E-state index contributed by atoms with van der Waals surface area (Å²) in [6.45, 7) is 9.13. The van der Waals surface area contributed by atoms with E-state index in [1.54, 1.807) is 10.9 Å². The number of nitrogens with zero attached hydrogens (tertiary/aromatic N) is 4. The average molecular weight is 723 g/mol. The highest BCUT2D eigenvalue weighted by molar-refractivity contribution is 7.59. The molecular formula is C35H63N8O6P. The van der Waals surface area contributed by atoms with Crippen molar-refractivity contribution in [2.45, 2.75) is 155 Å². The molecule has 0 spiro atoms. The maximum atomic E-state index is 14.5. The number of carbonyl (C=O) groups excluding carboxylic acids is 2. The zero-order valence-corrected chi connectivity index (χ0v) is 31.8. The molecule has 2 aromatic rings. The van der Waals surface area contributed by atoms with Crippen molar-refractivity contribution >= 4 is 42.3 Å². The summed E-state index contributed by atoms with van der Waals surface area (Å²) in [4.78, 5) is 39.3. The number of nitrogen functional groups attached to an aromatic ring is 1. The van der Waals surface area contributed by atoms with Gasteiger partial charge in [0.25, 0.3) is 0 Å². The van der Waals surface area contributed by atoms with Crippen LogP contribution in [-0.2, 0) is 34.9 Å². The molecule has 1 aliphatic carbocycles. The molecular weight excluding hydrogens is 659 g/mol. The highest BCUT2D eigenvalue weighted by atomic mass is 31.2. The van der Waals surface area contributed by atoms with Crippen molar-refractivity contribution in [3.05, 3.63) is 6.33 Å². The first-order valence-electron chi connectivity index (χ1n) is 19.0. The summed E-state index contributed by atoms with van der Waals surface area (Å²) in [6, 6.07) is -1.32. The van der Waals surface area contributed by atoms with Crippen LogP contribution >= 0.6 is 7.44 Å². The number of carbonyl (C=O) groups is 2. The van der Waals surface area contributed by atoms with Crippen molar-refractivity contribution in [1.82, 2.24) is 29.7 Å². The molecule has 2 heterocycles. The van der Waals surface area contributed by atoms with Gasteiger partial charge >= 0.3 is 11.9 Å². The number of esters is 2. The van der Waals surface area contributed by atoms with Crippen LogP contribution in [0.4, 0.5) is 11.8 Å². The number of aromatic nitrogens is 4. The Balaban J connectivity index is 1.62. The van der Waals surface area contributed by atoms with Crippen LogP contribution in [0.15, 0.2) is 6.33 Å². The second-order valence-corrected chi connectivity index (χ2v) is 15.5. The standard InChI is InChI=1S/C35H63N8O6P/c1-5-9-11-13-15-17-22-48-33(44)28(7-3)41-50(46,42-29(8-4)34(45)49-23-18-16-14-12-10-6-2)26-47-24-21-43-25-37-30-31(38-27-19-20-27)39-35(36)40-32(30)43/h25,27-29H,5-24,26H2,1-4H3,(H2,41,42,46)(H3,36,38,39,40)/t28-,29-/m0/s1. The highest BCUT2D eigenvalue weighted by Crippen LogP contribution is 2.38. The zero-order chi connectivity index (χ0) is 36.2. The largest absolute Gasteiger partial charge is 0.465 e. The van der Waals surface area contributed by atoms with Crippen molar-refractivity contribution in [3.8, 4) is 0 Å². The second-order valence-electron chi connectivity index (χ2n) is 13.3. The van der Waals surface area contributed by atoms with E-state index in [1.165, 1.54) is 38.5 Å². The summed E-state index contributed by atoms with van der Waals surface area (Å²) in [7, 11) is -3.67. The molecule has 3 rings (SSSR count). The third-order valence-corrected chi connectivity index (χ3v) is 10.8. The van der Waals surface area contributed by atoms with Crippen molar-refractivity contribution in [1.29, 1.82) is 0 Å². The molecule has 2 aromatic heterocycles. The quantitative estimate of drug-likeness (QED) is 0.0396. The summed E-state index contributed by atoms with van der Waals surface area (Å²) < 4.78 is 33.4. The SMILES string of the molecule is CCCCCCCCOC(=O)[C@H](CC)NP(=O)(COCCn1cnc2c(NC3CC3)nc(N)nc21)N[C@@H](CC)C(=O)OCCCCCCCC. The van der Waals surface area contributed by atoms with Gasteiger partial charge in [-0.2, -0.15) is 9.97 Å². The van der Waals surface area contributed by atoms with Gasteiger partial charge in [0.1, 0.15) is 18.4 Å². The molecule has 0 amide bonds. The summed E-state index contributed by atoms with van der Waals surface area (Å²) >= 11 is 0. The number of rotatable bonds is 29.